The minimum atomic E-state index is -4.01. The van der Waals surface area contributed by atoms with Gasteiger partial charge in [0.2, 0.25) is 13.3 Å². The molecule has 0 aliphatic carbocycles. The number of hydrogen-bond donors (Lipinski definition) is 4. The molecule has 3 aromatic rings. The second-order valence-electron chi connectivity index (χ2n) is 8.33. The van der Waals surface area contributed by atoms with E-state index in [2.05, 4.69) is 5.32 Å². The van der Waals surface area contributed by atoms with Gasteiger partial charge in [-0.05, 0) is 35.6 Å². The number of carboxylic acids is 1. The third-order valence-electron chi connectivity index (χ3n) is 5.70. The van der Waals surface area contributed by atoms with Gasteiger partial charge in [-0.15, -0.1) is 17.0 Å². The number of carbonyl (C=O) groups excluding carboxylic acids is 1. The fourth-order valence-electron chi connectivity index (χ4n) is 3.69. The van der Waals surface area contributed by atoms with Crippen molar-refractivity contribution in [3.8, 4) is 11.1 Å². The van der Waals surface area contributed by atoms with Crippen LogP contribution in [0.1, 0.15) is 23.8 Å². The Morgan fingerprint density at radius 1 is 0.914 bits per heavy atom. The molecule has 3 rings (SSSR count). The summed E-state index contributed by atoms with van der Waals surface area (Å²) in [6.45, 7) is 1.35. The lowest BCUT2D eigenvalue weighted by Gasteiger charge is -2.25. The first kappa shape index (κ1) is 28.5. The Morgan fingerprint density at radius 2 is 1.43 bits per heavy atom. The number of carboxylic acid groups (broad SMARTS) is 1. The molecule has 0 saturated heterocycles. The summed E-state index contributed by atoms with van der Waals surface area (Å²) in [6, 6.07) is 24.8. The quantitative estimate of drug-likeness (QED) is 0.268. The third-order valence-corrected chi connectivity index (χ3v) is 7.83. The van der Waals surface area contributed by atoms with Crippen molar-refractivity contribution in [2.75, 3.05) is 6.16 Å². The van der Waals surface area contributed by atoms with E-state index >= 15 is 0 Å². The van der Waals surface area contributed by atoms with Gasteiger partial charge in [-0.25, -0.2) is 0 Å². The smallest absolute Gasteiger partial charge is 0.325 e. The molecule has 5 N–H and O–H groups in total. The van der Waals surface area contributed by atoms with Gasteiger partial charge in [-0.2, -0.15) is 0 Å². The fraction of sp³-hybridized carbons (Fsp3) is 0.231. The Hall–Kier alpha value is -2.77. The van der Waals surface area contributed by atoms with Gasteiger partial charge in [0.1, 0.15) is 11.8 Å². The van der Waals surface area contributed by atoms with Crippen LogP contribution in [-0.2, 0) is 20.6 Å². The van der Waals surface area contributed by atoms with Crippen LogP contribution < -0.4 is 11.1 Å². The van der Waals surface area contributed by atoms with E-state index in [1.807, 2.05) is 54.6 Å². The first-order valence-corrected chi connectivity index (χ1v) is 12.9. The van der Waals surface area contributed by atoms with Gasteiger partial charge in [0, 0.05) is 6.16 Å². The van der Waals surface area contributed by atoms with E-state index in [-0.39, 0.29) is 29.6 Å². The van der Waals surface area contributed by atoms with Gasteiger partial charge in [-0.1, -0.05) is 84.9 Å². The molecule has 7 nitrogen and oxygen atoms in total. The van der Waals surface area contributed by atoms with E-state index in [4.69, 9.17) is 5.73 Å². The molecule has 3 aromatic carbocycles. The molecule has 0 fully saturated rings. The van der Waals surface area contributed by atoms with Gasteiger partial charge in [0.05, 0.1) is 5.92 Å². The first-order chi connectivity index (χ1) is 16.2. The molecule has 0 heterocycles. The lowest BCUT2D eigenvalue weighted by molar-refractivity contribution is -0.141. The Bertz CT molecular complexity index is 1160. The number of nitrogens with one attached hydrogen (secondary N) is 1. The molecule has 1 amide bonds. The summed E-state index contributed by atoms with van der Waals surface area (Å²) in [6.07, 6.45) is -0.207. The molecule has 186 valence electrons. The normalized spacial score (nSPS) is 15.1. The molecule has 0 radical (unpaired) electrons. The highest BCUT2D eigenvalue weighted by Crippen LogP contribution is 2.54. The molecule has 3 unspecified atom stereocenters. The predicted molar refractivity (Wildman–Crippen MR) is 143 cm³/mol. The van der Waals surface area contributed by atoms with Gasteiger partial charge in [0.25, 0.3) is 0 Å². The Kier molecular flexibility index (Phi) is 10.4. The number of halogens is 1. The third kappa shape index (κ3) is 7.87. The Balaban J connectivity index is 0.00000432. The highest BCUT2D eigenvalue weighted by molar-refractivity contribution is 8.93. The van der Waals surface area contributed by atoms with Crippen molar-refractivity contribution in [3.05, 3.63) is 96.1 Å². The SMILES string of the molecule is Br.C[C@H](NC(=O)C(Cc1ccc(-c2ccccc2)cc1)CP(=O)(O)C(N)c1ccccc1)C(=O)O. The fourth-order valence-corrected chi connectivity index (χ4v) is 5.49. The van der Waals surface area contributed by atoms with E-state index < -0.39 is 37.0 Å². The lowest BCUT2D eigenvalue weighted by Crippen LogP contribution is -2.43. The Labute approximate surface area is 215 Å². The maximum absolute atomic E-state index is 13.2. The monoisotopic (exact) mass is 560 g/mol. The highest BCUT2D eigenvalue weighted by Gasteiger charge is 2.35. The number of amides is 1. The molecule has 35 heavy (non-hydrogen) atoms. The first-order valence-electron chi connectivity index (χ1n) is 11.0. The summed E-state index contributed by atoms with van der Waals surface area (Å²) >= 11 is 0. The maximum atomic E-state index is 13.2. The van der Waals surface area contributed by atoms with Crippen molar-refractivity contribution < 1.29 is 24.2 Å². The van der Waals surface area contributed by atoms with Gasteiger partial charge >= 0.3 is 5.97 Å². The molecule has 0 aliphatic heterocycles. The van der Waals surface area contributed by atoms with Crippen molar-refractivity contribution in [2.24, 2.45) is 11.7 Å². The zero-order valence-corrected chi connectivity index (χ0v) is 21.9. The number of nitrogens with two attached hydrogens (primary N) is 1. The van der Waals surface area contributed by atoms with E-state index in [0.717, 1.165) is 16.7 Å². The van der Waals surface area contributed by atoms with E-state index in [9.17, 15) is 24.2 Å². The number of benzene rings is 3. The summed E-state index contributed by atoms with van der Waals surface area (Å²) in [4.78, 5) is 35.0. The van der Waals surface area contributed by atoms with Crippen LogP contribution in [0.2, 0.25) is 0 Å². The van der Waals surface area contributed by atoms with Gasteiger partial charge < -0.3 is 21.1 Å². The second-order valence-corrected chi connectivity index (χ2v) is 10.8. The number of carbonyl (C=O) groups is 2. The van der Waals surface area contributed by atoms with E-state index in [1.54, 1.807) is 30.3 Å². The standard InChI is InChI=1S/C26H29N2O5P.BrH/c1-18(26(30)31)28-25(29)23(17-34(32,33)24(27)22-10-6-3-7-11-22)16-19-12-14-21(15-13-19)20-8-4-2-5-9-20;/h2-15,18,23-24H,16-17,27H2,1H3,(H,28,29)(H,30,31)(H,32,33);1H/t18-,23?,24?;/m0./s1. The van der Waals surface area contributed by atoms with Crippen LogP contribution in [0.5, 0.6) is 0 Å². The van der Waals surface area contributed by atoms with Crippen LogP contribution in [0, 0.1) is 5.92 Å². The van der Waals surface area contributed by atoms with Crippen LogP contribution in [-0.4, -0.2) is 34.1 Å². The van der Waals surface area contributed by atoms with Crippen molar-refractivity contribution in [2.45, 2.75) is 25.2 Å². The highest BCUT2D eigenvalue weighted by atomic mass is 79.9. The minimum absolute atomic E-state index is 0. The summed E-state index contributed by atoms with van der Waals surface area (Å²) < 4.78 is 13.2. The summed E-state index contributed by atoms with van der Waals surface area (Å²) in [5, 5.41) is 11.6. The average molecular weight is 561 g/mol. The summed E-state index contributed by atoms with van der Waals surface area (Å²) in [7, 11) is -4.01. The average Bonchev–Trinajstić information content (AvgIpc) is 2.84. The second kappa shape index (κ2) is 12.8. The van der Waals surface area contributed by atoms with Crippen LogP contribution in [0.25, 0.3) is 11.1 Å². The van der Waals surface area contributed by atoms with Crippen LogP contribution in [0.15, 0.2) is 84.9 Å². The molecular formula is C26H30BrN2O5P. The zero-order valence-electron chi connectivity index (χ0n) is 19.3. The molecule has 9 heteroatoms. The maximum Gasteiger partial charge on any atom is 0.325 e. The van der Waals surface area contributed by atoms with Crippen molar-refractivity contribution in [1.29, 1.82) is 0 Å². The minimum Gasteiger partial charge on any atom is -0.480 e. The van der Waals surface area contributed by atoms with Crippen LogP contribution in [0.3, 0.4) is 0 Å². The molecule has 0 aromatic heterocycles. The largest absolute Gasteiger partial charge is 0.480 e. The summed E-state index contributed by atoms with van der Waals surface area (Å²) in [5.74, 6) is -3.87. The van der Waals surface area contributed by atoms with Gasteiger partial charge in [-0.3, -0.25) is 14.2 Å². The van der Waals surface area contributed by atoms with Crippen molar-refractivity contribution >= 4 is 36.2 Å². The topological polar surface area (TPSA) is 130 Å². The molecule has 0 spiro atoms. The van der Waals surface area contributed by atoms with Gasteiger partial charge in [0.15, 0.2) is 0 Å². The molecule has 4 atom stereocenters. The number of aliphatic carboxylic acids is 1. The zero-order chi connectivity index (χ0) is 24.7. The molecule has 0 saturated carbocycles. The van der Waals surface area contributed by atoms with Crippen LogP contribution >= 0.6 is 24.4 Å². The molecular weight excluding hydrogens is 531 g/mol. The van der Waals surface area contributed by atoms with Crippen LogP contribution in [0.4, 0.5) is 0 Å². The van der Waals surface area contributed by atoms with Crippen molar-refractivity contribution in [3.63, 3.8) is 0 Å². The van der Waals surface area contributed by atoms with E-state index in [1.165, 1.54) is 6.92 Å². The predicted octanol–water partition coefficient (Wildman–Crippen LogP) is 4.61. The van der Waals surface area contributed by atoms with Crippen molar-refractivity contribution in [1.82, 2.24) is 5.32 Å². The molecule has 0 bridgehead atoms. The lowest BCUT2D eigenvalue weighted by atomic mass is 9.97. The number of rotatable bonds is 10. The Morgan fingerprint density at radius 3 is 1.97 bits per heavy atom. The molecule has 0 aliphatic rings. The van der Waals surface area contributed by atoms with E-state index in [0.29, 0.717) is 5.56 Å². The number of hydrogen-bond acceptors (Lipinski definition) is 4. The summed E-state index contributed by atoms with van der Waals surface area (Å²) in [5.41, 5.74) is 9.45.